The molecule has 0 spiro atoms. The third-order valence-electron chi connectivity index (χ3n) is 2.98. The molecule has 1 atom stereocenters. The summed E-state index contributed by atoms with van der Waals surface area (Å²) < 4.78 is 36.7. The van der Waals surface area contributed by atoms with Gasteiger partial charge in [-0.3, -0.25) is 0 Å². The van der Waals surface area contributed by atoms with Crippen molar-refractivity contribution in [2.75, 3.05) is 25.5 Å². The Hall–Kier alpha value is -1.23. The molecule has 0 saturated carbocycles. The molecule has 0 bridgehead atoms. The zero-order valence-corrected chi connectivity index (χ0v) is 10.9. The maximum Gasteiger partial charge on any atom is 0.390 e. The van der Waals surface area contributed by atoms with Crippen LogP contribution in [-0.2, 0) is 0 Å². The molecule has 0 amide bonds. The van der Waals surface area contributed by atoms with Crippen molar-refractivity contribution in [1.29, 1.82) is 0 Å². The largest absolute Gasteiger partial charge is 0.390 e. The van der Waals surface area contributed by atoms with Crippen molar-refractivity contribution in [1.82, 2.24) is 5.32 Å². The first-order valence-corrected chi connectivity index (χ1v) is 5.89. The van der Waals surface area contributed by atoms with E-state index in [1.807, 2.05) is 38.2 Å². The van der Waals surface area contributed by atoms with Crippen molar-refractivity contribution in [3.05, 3.63) is 29.8 Å². The van der Waals surface area contributed by atoms with Gasteiger partial charge in [0.1, 0.15) is 0 Å². The van der Waals surface area contributed by atoms with Crippen LogP contribution >= 0.6 is 0 Å². The normalized spacial score (nSPS) is 13.4. The highest BCUT2D eigenvalue weighted by Crippen LogP contribution is 2.27. The van der Waals surface area contributed by atoms with Gasteiger partial charge in [-0.1, -0.05) is 18.2 Å². The molecule has 5 heteroatoms. The number of halogens is 3. The molecule has 0 aliphatic rings. The van der Waals surface area contributed by atoms with Crippen LogP contribution in [0.4, 0.5) is 18.9 Å². The summed E-state index contributed by atoms with van der Waals surface area (Å²) >= 11 is 0. The van der Waals surface area contributed by atoms with Gasteiger partial charge in [0.2, 0.25) is 0 Å². The summed E-state index contributed by atoms with van der Waals surface area (Å²) in [5, 5.41) is 3.10. The minimum Gasteiger partial charge on any atom is -0.374 e. The van der Waals surface area contributed by atoms with Crippen molar-refractivity contribution < 1.29 is 13.2 Å². The highest BCUT2D eigenvalue weighted by atomic mass is 19.4. The number of hydrogen-bond donors (Lipinski definition) is 1. The second-order valence-electron chi connectivity index (χ2n) is 4.36. The van der Waals surface area contributed by atoms with Crippen LogP contribution in [0, 0.1) is 0 Å². The smallest absolute Gasteiger partial charge is 0.374 e. The molecule has 18 heavy (non-hydrogen) atoms. The Balaban J connectivity index is 2.82. The molecular formula is C13H19F3N2. The summed E-state index contributed by atoms with van der Waals surface area (Å²) in [6.07, 6.45) is -4.91. The lowest BCUT2D eigenvalue weighted by Crippen LogP contribution is -2.26. The van der Waals surface area contributed by atoms with Crippen LogP contribution in [0.25, 0.3) is 0 Å². The molecule has 0 fully saturated rings. The van der Waals surface area contributed by atoms with Crippen LogP contribution in [0.5, 0.6) is 0 Å². The van der Waals surface area contributed by atoms with Gasteiger partial charge >= 0.3 is 6.18 Å². The van der Waals surface area contributed by atoms with Crippen molar-refractivity contribution in [3.63, 3.8) is 0 Å². The number of anilines is 1. The van der Waals surface area contributed by atoms with Gasteiger partial charge in [0.15, 0.2) is 0 Å². The number of alkyl halides is 3. The summed E-state index contributed by atoms with van der Waals surface area (Å²) in [6, 6.07) is 7.62. The van der Waals surface area contributed by atoms with Crippen LogP contribution in [-0.4, -0.2) is 26.8 Å². The molecule has 0 aliphatic carbocycles. The molecule has 1 rings (SSSR count). The molecular weight excluding hydrogens is 241 g/mol. The van der Waals surface area contributed by atoms with E-state index in [4.69, 9.17) is 0 Å². The molecule has 2 nitrogen and oxygen atoms in total. The van der Waals surface area contributed by atoms with Gasteiger partial charge in [0.05, 0.1) is 6.42 Å². The molecule has 0 heterocycles. The molecule has 1 unspecified atom stereocenters. The van der Waals surface area contributed by atoms with E-state index in [0.29, 0.717) is 0 Å². The maximum absolute atomic E-state index is 12.2. The summed E-state index contributed by atoms with van der Waals surface area (Å²) in [4.78, 5) is 1.65. The van der Waals surface area contributed by atoms with Crippen LogP contribution in [0.3, 0.4) is 0 Å². The lowest BCUT2D eigenvalue weighted by molar-refractivity contribution is -0.132. The van der Waals surface area contributed by atoms with Crippen molar-refractivity contribution in [2.24, 2.45) is 0 Å². The average molecular weight is 260 g/mol. The van der Waals surface area contributed by atoms with E-state index >= 15 is 0 Å². The first-order chi connectivity index (χ1) is 8.35. The van der Waals surface area contributed by atoms with Crippen LogP contribution in [0.1, 0.15) is 24.9 Å². The maximum atomic E-state index is 12.2. The third-order valence-corrected chi connectivity index (χ3v) is 2.98. The Labute approximate surface area is 106 Å². The fraction of sp³-hybridized carbons (Fsp3) is 0.538. The predicted molar refractivity (Wildman–Crippen MR) is 67.9 cm³/mol. The van der Waals surface area contributed by atoms with E-state index in [-0.39, 0.29) is 12.6 Å². The predicted octanol–water partition coefficient (Wildman–Crippen LogP) is 3.36. The Kier molecular flexibility index (Phi) is 5.02. The molecule has 102 valence electrons. The van der Waals surface area contributed by atoms with E-state index < -0.39 is 12.6 Å². The fourth-order valence-electron chi connectivity index (χ4n) is 1.77. The second-order valence-corrected chi connectivity index (χ2v) is 4.36. The minimum absolute atomic E-state index is 0.0308. The average Bonchev–Trinajstić information content (AvgIpc) is 2.34. The zero-order chi connectivity index (χ0) is 13.8. The first kappa shape index (κ1) is 14.8. The minimum atomic E-state index is -4.11. The summed E-state index contributed by atoms with van der Waals surface area (Å²) in [5.41, 5.74) is 1.84. The number of benzene rings is 1. The van der Waals surface area contributed by atoms with E-state index in [1.54, 1.807) is 11.9 Å². The van der Waals surface area contributed by atoms with Crippen LogP contribution in [0.15, 0.2) is 24.3 Å². The standard InChI is InChI=1S/C13H19F3N2/c1-10(17-2)11-6-4-5-7-12(11)18(3)9-8-13(14,15)16/h4-7,10,17H,8-9H2,1-3H3. The van der Waals surface area contributed by atoms with Gasteiger partial charge in [0.25, 0.3) is 0 Å². The number of para-hydroxylation sites is 1. The summed E-state index contributed by atoms with van der Waals surface area (Å²) in [7, 11) is 3.52. The van der Waals surface area contributed by atoms with E-state index in [0.717, 1.165) is 11.3 Å². The number of nitrogens with one attached hydrogen (secondary N) is 1. The zero-order valence-electron chi connectivity index (χ0n) is 10.9. The molecule has 0 aromatic heterocycles. The summed E-state index contributed by atoms with van der Waals surface area (Å²) in [5.74, 6) is 0. The van der Waals surface area contributed by atoms with E-state index in [9.17, 15) is 13.2 Å². The highest BCUT2D eigenvalue weighted by Gasteiger charge is 2.27. The molecule has 0 aliphatic heterocycles. The number of hydrogen-bond acceptors (Lipinski definition) is 2. The Bertz CT molecular complexity index is 377. The topological polar surface area (TPSA) is 15.3 Å². The molecule has 1 aromatic rings. The van der Waals surface area contributed by atoms with Gasteiger partial charge in [-0.2, -0.15) is 13.2 Å². The second kappa shape index (κ2) is 6.09. The van der Waals surface area contributed by atoms with Gasteiger partial charge < -0.3 is 10.2 Å². The third kappa shape index (κ3) is 4.22. The molecule has 1 N–H and O–H groups in total. The van der Waals surface area contributed by atoms with Crippen molar-refractivity contribution >= 4 is 5.69 Å². The van der Waals surface area contributed by atoms with Gasteiger partial charge in [-0.25, -0.2) is 0 Å². The molecule has 1 aromatic carbocycles. The van der Waals surface area contributed by atoms with Gasteiger partial charge in [-0.05, 0) is 25.6 Å². The van der Waals surface area contributed by atoms with Gasteiger partial charge in [-0.15, -0.1) is 0 Å². The number of nitrogens with zero attached hydrogens (tertiary/aromatic N) is 1. The Morgan fingerprint density at radius 3 is 2.44 bits per heavy atom. The van der Waals surface area contributed by atoms with Crippen LogP contribution < -0.4 is 10.2 Å². The van der Waals surface area contributed by atoms with Crippen molar-refractivity contribution in [2.45, 2.75) is 25.6 Å². The molecule has 0 radical (unpaired) electrons. The highest BCUT2D eigenvalue weighted by molar-refractivity contribution is 5.54. The van der Waals surface area contributed by atoms with Crippen LogP contribution in [0.2, 0.25) is 0 Å². The number of rotatable bonds is 5. The lowest BCUT2D eigenvalue weighted by atomic mass is 10.1. The Morgan fingerprint density at radius 2 is 1.89 bits per heavy atom. The fourth-order valence-corrected chi connectivity index (χ4v) is 1.77. The summed E-state index contributed by atoms with van der Waals surface area (Å²) in [6.45, 7) is 1.95. The van der Waals surface area contributed by atoms with E-state index in [2.05, 4.69) is 5.32 Å². The van der Waals surface area contributed by atoms with E-state index in [1.165, 1.54) is 0 Å². The molecule has 0 saturated heterocycles. The monoisotopic (exact) mass is 260 g/mol. The van der Waals surface area contributed by atoms with Crippen molar-refractivity contribution in [3.8, 4) is 0 Å². The SMILES string of the molecule is CNC(C)c1ccccc1N(C)CCC(F)(F)F. The quantitative estimate of drug-likeness (QED) is 0.873. The Morgan fingerprint density at radius 1 is 1.28 bits per heavy atom. The lowest BCUT2D eigenvalue weighted by Gasteiger charge is -2.25. The first-order valence-electron chi connectivity index (χ1n) is 5.89. The van der Waals surface area contributed by atoms with Gasteiger partial charge in [0, 0.05) is 25.3 Å².